The lowest BCUT2D eigenvalue weighted by atomic mass is 10.1. The van der Waals surface area contributed by atoms with Gasteiger partial charge >= 0.3 is 0 Å². The van der Waals surface area contributed by atoms with Gasteiger partial charge in [0, 0.05) is 44.2 Å². The van der Waals surface area contributed by atoms with Crippen LogP contribution >= 0.6 is 0 Å². The van der Waals surface area contributed by atoms with E-state index in [0.29, 0.717) is 39.3 Å². The summed E-state index contributed by atoms with van der Waals surface area (Å²) in [5, 5.41) is 2.83. The van der Waals surface area contributed by atoms with Crippen LogP contribution in [0.15, 0.2) is 18.2 Å². The van der Waals surface area contributed by atoms with E-state index in [1.165, 1.54) is 6.07 Å². The largest absolute Gasteiger partial charge is 0.378 e. The van der Waals surface area contributed by atoms with E-state index in [0.717, 1.165) is 25.0 Å². The Balaban J connectivity index is 1.43. The molecule has 0 bridgehead atoms. The van der Waals surface area contributed by atoms with Crippen molar-refractivity contribution in [1.29, 1.82) is 0 Å². The normalized spacial score (nSPS) is 23.0. The summed E-state index contributed by atoms with van der Waals surface area (Å²) in [6.45, 7) is 2.93. The molecule has 28 heavy (non-hydrogen) atoms. The molecule has 3 rings (SSSR count). The molecule has 0 spiro atoms. The third-order valence-corrected chi connectivity index (χ3v) is 5.66. The Morgan fingerprint density at radius 1 is 1.18 bits per heavy atom. The summed E-state index contributed by atoms with van der Waals surface area (Å²) in [6, 6.07) is 3.52. The van der Waals surface area contributed by atoms with Gasteiger partial charge in [-0.15, -0.1) is 0 Å². The maximum absolute atomic E-state index is 13.7. The molecule has 0 aromatic heterocycles. The third kappa shape index (κ3) is 5.26. The molecule has 2 saturated heterocycles. The smallest absolute Gasteiger partial charge is 0.224 e. The summed E-state index contributed by atoms with van der Waals surface area (Å²) in [6.07, 6.45) is 2.14. The number of hydrogen-bond acceptors (Lipinski definition) is 4. The number of halogens is 2. The maximum Gasteiger partial charge on any atom is 0.224 e. The van der Waals surface area contributed by atoms with Crippen LogP contribution in [0.5, 0.6) is 0 Å². The van der Waals surface area contributed by atoms with Gasteiger partial charge in [0.2, 0.25) is 11.8 Å². The van der Waals surface area contributed by atoms with Crippen LogP contribution in [0.3, 0.4) is 0 Å². The van der Waals surface area contributed by atoms with Crippen LogP contribution in [0, 0.1) is 11.6 Å². The third-order valence-electron chi connectivity index (χ3n) is 5.66. The highest BCUT2D eigenvalue weighted by Gasteiger charge is 2.33. The number of amides is 2. The average molecular weight is 395 g/mol. The molecular formula is C20H27F2N3O3. The van der Waals surface area contributed by atoms with E-state index in [9.17, 15) is 18.4 Å². The van der Waals surface area contributed by atoms with Gasteiger partial charge in [0.05, 0.1) is 19.6 Å². The Bertz CT molecular complexity index is 710. The molecule has 2 fully saturated rings. The van der Waals surface area contributed by atoms with E-state index in [2.05, 4.69) is 10.2 Å². The molecule has 1 N–H and O–H groups in total. The zero-order valence-corrected chi connectivity index (χ0v) is 16.1. The van der Waals surface area contributed by atoms with Gasteiger partial charge in [-0.2, -0.15) is 0 Å². The van der Waals surface area contributed by atoms with E-state index in [4.69, 9.17) is 4.74 Å². The molecule has 2 atom stereocenters. The second-order valence-corrected chi connectivity index (χ2v) is 7.46. The zero-order chi connectivity index (χ0) is 20.1. The molecular weight excluding hydrogens is 368 g/mol. The van der Waals surface area contributed by atoms with Crippen LogP contribution in [-0.2, 0) is 20.7 Å². The lowest BCUT2D eigenvalue weighted by Crippen LogP contribution is -2.45. The minimum atomic E-state index is -0.713. The molecule has 154 valence electrons. The molecule has 1 aromatic rings. The highest BCUT2D eigenvalue weighted by Crippen LogP contribution is 2.25. The topological polar surface area (TPSA) is 61.9 Å². The van der Waals surface area contributed by atoms with Gasteiger partial charge < -0.3 is 15.0 Å². The van der Waals surface area contributed by atoms with Crippen LogP contribution < -0.4 is 5.32 Å². The average Bonchev–Trinajstić information content (AvgIpc) is 3.02. The predicted molar refractivity (Wildman–Crippen MR) is 99.7 cm³/mol. The van der Waals surface area contributed by atoms with E-state index in [1.807, 2.05) is 11.9 Å². The molecule has 0 aliphatic carbocycles. The van der Waals surface area contributed by atoms with Crippen molar-refractivity contribution in [2.24, 2.45) is 0 Å². The fraction of sp³-hybridized carbons (Fsp3) is 0.600. The number of rotatable bonds is 6. The number of likely N-dealkylation sites (tertiary alicyclic amines) is 1. The van der Waals surface area contributed by atoms with Crippen molar-refractivity contribution in [2.45, 2.75) is 37.8 Å². The fourth-order valence-corrected chi connectivity index (χ4v) is 3.86. The summed E-state index contributed by atoms with van der Waals surface area (Å²) < 4.78 is 31.9. The predicted octanol–water partition coefficient (Wildman–Crippen LogP) is 1.34. The van der Waals surface area contributed by atoms with Crippen LogP contribution in [0.2, 0.25) is 0 Å². The van der Waals surface area contributed by atoms with Crippen molar-refractivity contribution < 1.29 is 23.1 Å². The van der Waals surface area contributed by atoms with Crippen molar-refractivity contribution in [3.63, 3.8) is 0 Å². The lowest BCUT2D eigenvalue weighted by molar-refractivity contribution is -0.136. The number of carbonyl (C=O) groups is 2. The van der Waals surface area contributed by atoms with Crippen LogP contribution in [0.25, 0.3) is 0 Å². The molecule has 0 unspecified atom stereocenters. The minimum Gasteiger partial charge on any atom is -0.378 e. The van der Waals surface area contributed by atoms with Crippen molar-refractivity contribution in [3.05, 3.63) is 35.4 Å². The Hall–Kier alpha value is -2.06. The first kappa shape index (κ1) is 20.7. The number of likely N-dealkylation sites (N-methyl/N-ethyl adjacent to an activating group) is 1. The molecule has 2 aliphatic heterocycles. The molecule has 0 saturated carbocycles. The van der Waals surface area contributed by atoms with E-state index >= 15 is 0 Å². The SMILES string of the molecule is CN1[C@@H](CC(=O)N2CCOCC2)CC[C@H]1CNC(=O)Cc1ccc(F)cc1F. The Morgan fingerprint density at radius 2 is 1.89 bits per heavy atom. The van der Waals surface area contributed by atoms with Gasteiger partial charge in [-0.1, -0.05) is 6.07 Å². The van der Waals surface area contributed by atoms with Gasteiger partial charge in [-0.25, -0.2) is 8.78 Å². The van der Waals surface area contributed by atoms with Crippen molar-refractivity contribution in [2.75, 3.05) is 39.9 Å². The van der Waals surface area contributed by atoms with Gasteiger partial charge in [0.15, 0.2) is 0 Å². The van der Waals surface area contributed by atoms with Crippen LogP contribution in [-0.4, -0.2) is 73.6 Å². The monoisotopic (exact) mass is 395 g/mol. The quantitative estimate of drug-likeness (QED) is 0.790. The van der Waals surface area contributed by atoms with Crippen LogP contribution in [0.1, 0.15) is 24.8 Å². The number of carbonyl (C=O) groups excluding carboxylic acids is 2. The Morgan fingerprint density at radius 3 is 2.61 bits per heavy atom. The van der Waals surface area contributed by atoms with Crippen molar-refractivity contribution >= 4 is 11.8 Å². The summed E-state index contributed by atoms with van der Waals surface area (Å²) >= 11 is 0. The number of nitrogens with one attached hydrogen (secondary N) is 1. The molecule has 0 radical (unpaired) electrons. The Labute approximate surface area is 163 Å². The second-order valence-electron chi connectivity index (χ2n) is 7.46. The summed E-state index contributed by atoms with van der Waals surface area (Å²) in [5.74, 6) is -1.52. The first-order valence-electron chi connectivity index (χ1n) is 9.72. The van der Waals surface area contributed by atoms with Crippen molar-refractivity contribution in [3.8, 4) is 0 Å². The van der Waals surface area contributed by atoms with Gasteiger partial charge in [-0.3, -0.25) is 14.5 Å². The summed E-state index contributed by atoms with van der Waals surface area (Å²) in [7, 11) is 1.97. The maximum atomic E-state index is 13.7. The number of hydrogen-bond donors (Lipinski definition) is 1. The van der Waals surface area contributed by atoms with Gasteiger partial charge in [-0.05, 0) is 31.5 Å². The number of morpholine rings is 1. The molecule has 2 amide bonds. The van der Waals surface area contributed by atoms with Gasteiger partial charge in [0.25, 0.3) is 0 Å². The molecule has 8 heteroatoms. The summed E-state index contributed by atoms with van der Waals surface area (Å²) in [4.78, 5) is 28.6. The number of benzene rings is 1. The highest BCUT2D eigenvalue weighted by atomic mass is 19.1. The number of ether oxygens (including phenoxy) is 1. The minimum absolute atomic E-state index is 0.124. The first-order valence-corrected chi connectivity index (χ1v) is 9.72. The molecule has 2 heterocycles. The van der Waals surface area contributed by atoms with Crippen LogP contribution in [0.4, 0.5) is 8.78 Å². The van der Waals surface area contributed by atoms with Gasteiger partial charge in [0.1, 0.15) is 11.6 Å². The summed E-state index contributed by atoms with van der Waals surface area (Å²) in [5.41, 5.74) is 0.174. The first-order chi connectivity index (χ1) is 13.4. The number of nitrogens with zero attached hydrogens (tertiary/aromatic N) is 2. The fourth-order valence-electron chi connectivity index (χ4n) is 3.86. The molecule has 1 aromatic carbocycles. The lowest BCUT2D eigenvalue weighted by Gasteiger charge is -2.30. The zero-order valence-electron chi connectivity index (χ0n) is 16.1. The van der Waals surface area contributed by atoms with E-state index in [-0.39, 0.29) is 35.9 Å². The standard InChI is InChI=1S/C20H27F2N3O3/c1-24-16(12-20(27)25-6-8-28-9-7-25)4-5-17(24)13-23-19(26)10-14-2-3-15(21)11-18(14)22/h2-3,11,16-17H,4-10,12-13H2,1H3,(H,23,26)/t16-,17+/m1/s1. The molecule has 2 aliphatic rings. The molecule has 6 nitrogen and oxygen atoms in total. The Kier molecular flexibility index (Phi) is 6.96. The highest BCUT2D eigenvalue weighted by molar-refractivity contribution is 5.78. The van der Waals surface area contributed by atoms with E-state index < -0.39 is 11.6 Å². The second kappa shape index (κ2) is 9.43. The van der Waals surface area contributed by atoms with Crippen molar-refractivity contribution in [1.82, 2.24) is 15.1 Å². The van der Waals surface area contributed by atoms with E-state index in [1.54, 1.807) is 0 Å².